The van der Waals surface area contributed by atoms with E-state index in [4.69, 9.17) is 23.2 Å². The normalized spacial score (nSPS) is 10.5. The van der Waals surface area contributed by atoms with Gasteiger partial charge in [-0.25, -0.2) is 0 Å². The molecule has 2 N–H and O–H groups in total. The highest BCUT2D eigenvalue weighted by atomic mass is 79.9. The Labute approximate surface area is 130 Å². The molecular weight excluding hydrogens is 349 g/mol. The molecule has 0 saturated heterocycles. The fourth-order valence-electron chi connectivity index (χ4n) is 1.74. The molecule has 19 heavy (non-hydrogen) atoms. The smallest absolute Gasteiger partial charge is 0.139 e. The third kappa shape index (κ3) is 3.35. The Kier molecular flexibility index (Phi) is 4.61. The summed E-state index contributed by atoms with van der Waals surface area (Å²) in [6.07, 6.45) is 0. The van der Waals surface area contributed by atoms with Crippen LogP contribution in [0.3, 0.4) is 0 Å². The Balaban J connectivity index is 2.21. The van der Waals surface area contributed by atoms with Gasteiger partial charge in [0, 0.05) is 27.3 Å². The van der Waals surface area contributed by atoms with Gasteiger partial charge in [0.1, 0.15) is 5.75 Å². The van der Waals surface area contributed by atoms with E-state index in [0.717, 1.165) is 15.7 Å². The van der Waals surface area contributed by atoms with Gasteiger partial charge in [0.2, 0.25) is 0 Å². The molecule has 0 aliphatic rings. The van der Waals surface area contributed by atoms with E-state index in [0.29, 0.717) is 17.1 Å². The molecule has 2 aromatic rings. The van der Waals surface area contributed by atoms with Crippen molar-refractivity contribution in [2.24, 2.45) is 0 Å². The van der Waals surface area contributed by atoms with E-state index in [1.807, 2.05) is 25.1 Å². The lowest BCUT2D eigenvalue weighted by Crippen LogP contribution is -2.01. The van der Waals surface area contributed by atoms with Gasteiger partial charge < -0.3 is 10.4 Å². The molecule has 0 spiro atoms. The third-order valence-electron chi connectivity index (χ3n) is 2.84. The predicted molar refractivity (Wildman–Crippen MR) is 84.3 cm³/mol. The molecule has 0 aliphatic heterocycles. The lowest BCUT2D eigenvalue weighted by molar-refractivity contribution is 0.469. The highest BCUT2D eigenvalue weighted by molar-refractivity contribution is 9.10. The van der Waals surface area contributed by atoms with E-state index in [2.05, 4.69) is 21.2 Å². The monoisotopic (exact) mass is 359 g/mol. The summed E-state index contributed by atoms with van der Waals surface area (Å²) in [5, 5.41) is 13.9. The Bertz CT molecular complexity index is 617. The topological polar surface area (TPSA) is 32.3 Å². The number of aromatic hydroxyl groups is 1. The Hall–Kier alpha value is -0.900. The highest BCUT2D eigenvalue weighted by Gasteiger charge is 2.08. The summed E-state index contributed by atoms with van der Waals surface area (Å²) < 4.78 is 1.03. The second kappa shape index (κ2) is 6.04. The van der Waals surface area contributed by atoms with Crippen molar-refractivity contribution in [3.05, 3.63) is 56.0 Å². The number of halogens is 3. The standard InChI is InChI=1S/C14H12BrCl2NO/c1-8-11(15)3-2-4-13(8)18-7-9-5-10(16)6-12(17)14(9)19/h2-6,18-19H,7H2,1H3. The van der Waals surface area contributed by atoms with Gasteiger partial charge in [-0.15, -0.1) is 0 Å². The summed E-state index contributed by atoms with van der Waals surface area (Å²) in [6.45, 7) is 2.46. The summed E-state index contributed by atoms with van der Waals surface area (Å²) in [4.78, 5) is 0. The molecule has 2 aromatic carbocycles. The molecule has 100 valence electrons. The van der Waals surface area contributed by atoms with E-state index in [1.165, 1.54) is 6.07 Å². The van der Waals surface area contributed by atoms with Crippen LogP contribution in [-0.4, -0.2) is 5.11 Å². The van der Waals surface area contributed by atoms with Crippen molar-refractivity contribution in [2.45, 2.75) is 13.5 Å². The summed E-state index contributed by atoms with van der Waals surface area (Å²) >= 11 is 15.3. The SMILES string of the molecule is Cc1c(Br)cccc1NCc1cc(Cl)cc(Cl)c1O. The number of phenolic OH excluding ortho intramolecular Hbond substituents is 1. The second-order valence-corrected chi connectivity index (χ2v) is 5.86. The Morgan fingerprint density at radius 3 is 2.74 bits per heavy atom. The van der Waals surface area contributed by atoms with Crippen molar-refractivity contribution in [1.29, 1.82) is 0 Å². The van der Waals surface area contributed by atoms with E-state index in [-0.39, 0.29) is 10.8 Å². The Morgan fingerprint density at radius 2 is 2.00 bits per heavy atom. The fourth-order valence-corrected chi connectivity index (χ4v) is 2.65. The number of rotatable bonds is 3. The van der Waals surface area contributed by atoms with Crippen LogP contribution in [0.15, 0.2) is 34.8 Å². The van der Waals surface area contributed by atoms with Crippen molar-refractivity contribution >= 4 is 44.8 Å². The van der Waals surface area contributed by atoms with Crippen LogP contribution < -0.4 is 5.32 Å². The number of nitrogens with one attached hydrogen (secondary N) is 1. The molecule has 0 bridgehead atoms. The third-order valence-corrected chi connectivity index (χ3v) is 4.21. The molecule has 0 atom stereocenters. The zero-order valence-electron chi connectivity index (χ0n) is 10.2. The van der Waals surface area contributed by atoms with E-state index in [1.54, 1.807) is 6.07 Å². The summed E-state index contributed by atoms with van der Waals surface area (Å²) in [5.41, 5.74) is 2.76. The van der Waals surface area contributed by atoms with Crippen LogP contribution in [0.2, 0.25) is 10.0 Å². The molecule has 0 aromatic heterocycles. The van der Waals surface area contributed by atoms with Gasteiger partial charge in [-0.3, -0.25) is 0 Å². The van der Waals surface area contributed by atoms with Crippen molar-refractivity contribution in [1.82, 2.24) is 0 Å². The number of benzene rings is 2. The van der Waals surface area contributed by atoms with Crippen LogP contribution >= 0.6 is 39.1 Å². The minimum absolute atomic E-state index is 0.0613. The van der Waals surface area contributed by atoms with Gasteiger partial charge in [0.25, 0.3) is 0 Å². The second-order valence-electron chi connectivity index (χ2n) is 4.16. The molecule has 0 radical (unpaired) electrons. The molecule has 5 heteroatoms. The van der Waals surface area contributed by atoms with Gasteiger partial charge >= 0.3 is 0 Å². The first-order chi connectivity index (χ1) is 8.99. The van der Waals surface area contributed by atoms with Gasteiger partial charge in [-0.05, 0) is 36.8 Å². The lowest BCUT2D eigenvalue weighted by atomic mass is 10.1. The zero-order chi connectivity index (χ0) is 14.0. The predicted octanol–water partition coefficient (Wildman–Crippen LogP) is 5.38. The average molecular weight is 361 g/mol. The van der Waals surface area contributed by atoms with Gasteiger partial charge in [0.05, 0.1) is 5.02 Å². The van der Waals surface area contributed by atoms with Gasteiger partial charge in [0.15, 0.2) is 0 Å². The molecule has 0 amide bonds. The quantitative estimate of drug-likeness (QED) is 0.769. The van der Waals surface area contributed by atoms with E-state index >= 15 is 0 Å². The molecule has 0 fully saturated rings. The van der Waals surface area contributed by atoms with Gasteiger partial charge in [-0.1, -0.05) is 45.2 Å². The summed E-state index contributed by atoms with van der Waals surface area (Å²) in [7, 11) is 0. The van der Waals surface area contributed by atoms with Crippen LogP contribution in [0, 0.1) is 6.92 Å². The highest BCUT2D eigenvalue weighted by Crippen LogP contribution is 2.32. The van der Waals surface area contributed by atoms with Crippen molar-refractivity contribution in [3.8, 4) is 5.75 Å². The maximum atomic E-state index is 9.88. The van der Waals surface area contributed by atoms with Crippen LogP contribution in [0.25, 0.3) is 0 Å². The molecule has 0 saturated carbocycles. The molecular formula is C14H12BrCl2NO. The first kappa shape index (κ1) is 14.5. The van der Waals surface area contributed by atoms with Crippen LogP contribution in [-0.2, 0) is 6.54 Å². The number of hydrogen-bond donors (Lipinski definition) is 2. The zero-order valence-corrected chi connectivity index (χ0v) is 13.3. The van der Waals surface area contributed by atoms with Crippen molar-refractivity contribution in [3.63, 3.8) is 0 Å². The number of anilines is 1. The molecule has 2 nitrogen and oxygen atoms in total. The first-order valence-corrected chi connectivity index (χ1v) is 7.20. The number of phenols is 1. The summed E-state index contributed by atoms with van der Waals surface area (Å²) in [5.74, 6) is 0.0613. The average Bonchev–Trinajstić information content (AvgIpc) is 2.36. The fraction of sp³-hybridized carbons (Fsp3) is 0.143. The Morgan fingerprint density at radius 1 is 1.26 bits per heavy atom. The van der Waals surface area contributed by atoms with Crippen LogP contribution in [0.4, 0.5) is 5.69 Å². The first-order valence-electron chi connectivity index (χ1n) is 5.65. The molecule has 0 aliphatic carbocycles. The van der Waals surface area contributed by atoms with Crippen molar-refractivity contribution in [2.75, 3.05) is 5.32 Å². The maximum Gasteiger partial charge on any atom is 0.139 e. The molecule has 2 rings (SSSR count). The van der Waals surface area contributed by atoms with Crippen LogP contribution in [0.1, 0.15) is 11.1 Å². The minimum atomic E-state index is 0.0613. The number of hydrogen-bond acceptors (Lipinski definition) is 2. The van der Waals surface area contributed by atoms with E-state index in [9.17, 15) is 5.11 Å². The minimum Gasteiger partial charge on any atom is -0.506 e. The van der Waals surface area contributed by atoms with Crippen molar-refractivity contribution < 1.29 is 5.11 Å². The maximum absolute atomic E-state index is 9.88. The van der Waals surface area contributed by atoms with Crippen LogP contribution in [0.5, 0.6) is 5.75 Å². The molecule has 0 heterocycles. The summed E-state index contributed by atoms with van der Waals surface area (Å²) in [6, 6.07) is 9.12. The van der Waals surface area contributed by atoms with E-state index < -0.39 is 0 Å². The largest absolute Gasteiger partial charge is 0.506 e. The molecule has 0 unspecified atom stereocenters. The lowest BCUT2D eigenvalue weighted by Gasteiger charge is -2.12. The van der Waals surface area contributed by atoms with Gasteiger partial charge in [-0.2, -0.15) is 0 Å².